The third-order valence-corrected chi connectivity index (χ3v) is 14.0. The first-order valence-electron chi connectivity index (χ1n) is 22.5. The highest BCUT2D eigenvalue weighted by Gasteiger charge is 2.34. The Labute approximate surface area is 364 Å². The number of benzene rings is 7. The maximum Gasteiger partial charge on any atom is 0.0697 e. The number of aromatic nitrogens is 2. The number of fused-ring (bicyclic) bond motifs is 7. The van der Waals surface area contributed by atoms with Crippen LogP contribution >= 0.6 is 0 Å². The Morgan fingerprint density at radius 3 is 1.71 bits per heavy atom. The molecule has 0 spiro atoms. The van der Waals surface area contributed by atoms with E-state index in [4.69, 9.17) is 4.99 Å². The molecule has 11 rings (SSSR count). The van der Waals surface area contributed by atoms with Crippen molar-refractivity contribution >= 4 is 60.7 Å². The molecular formula is C59H51N3. The Morgan fingerprint density at radius 1 is 0.532 bits per heavy atom. The highest BCUT2D eigenvalue weighted by Crippen LogP contribution is 2.46. The van der Waals surface area contributed by atoms with Gasteiger partial charge in [0.1, 0.15) is 0 Å². The number of allylic oxidation sites excluding steroid dienone is 5. The fourth-order valence-electron chi connectivity index (χ4n) is 10.7. The van der Waals surface area contributed by atoms with Crippen LogP contribution in [0.1, 0.15) is 57.6 Å². The second kappa shape index (κ2) is 15.8. The van der Waals surface area contributed by atoms with Crippen LogP contribution in [0, 0.1) is 17.8 Å². The van der Waals surface area contributed by atoms with Gasteiger partial charge < -0.3 is 9.13 Å². The fourth-order valence-corrected chi connectivity index (χ4v) is 10.7. The van der Waals surface area contributed by atoms with Crippen molar-refractivity contribution in [1.82, 2.24) is 9.13 Å². The maximum absolute atomic E-state index is 5.69. The van der Waals surface area contributed by atoms with Gasteiger partial charge in [0.05, 0.1) is 33.5 Å². The predicted molar refractivity (Wildman–Crippen MR) is 264 cm³/mol. The molecule has 2 aliphatic rings. The van der Waals surface area contributed by atoms with Crippen LogP contribution in [0.4, 0.5) is 0 Å². The molecule has 3 unspecified atom stereocenters. The van der Waals surface area contributed by atoms with Crippen LogP contribution in [-0.2, 0) is 0 Å². The molecule has 2 aromatic heterocycles. The smallest absolute Gasteiger partial charge is 0.0697 e. The summed E-state index contributed by atoms with van der Waals surface area (Å²) in [5.74, 6) is 0.989. The molecule has 3 nitrogen and oxygen atoms in total. The van der Waals surface area contributed by atoms with Crippen molar-refractivity contribution in [3.05, 3.63) is 210 Å². The second-order valence-corrected chi connectivity index (χ2v) is 17.4. The molecule has 3 heteroatoms. The molecule has 7 aromatic carbocycles. The van der Waals surface area contributed by atoms with E-state index in [9.17, 15) is 0 Å². The summed E-state index contributed by atoms with van der Waals surface area (Å²) >= 11 is 0. The first-order valence-corrected chi connectivity index (χ1v) is 22.5. The van der Waals surface area contributed by atoms with Gasteiger partial charge >= 0.3 is 0 Å². The number of hydrogen-bond acceptors (Lipinski definition) is 1. The van der Waals surface area contributed by atoms with Crippen LogP contribution in [0.3, 0.4) is 0 Å². The van der Waals surface area contributed by atoms with Gasteiger partial charge in [-0.25, -0.2) is 0 Å². The Bertz CT molecular complexity index is 3250. The average Bonchev–Trinajstić information content (AvgIpc) is 3.86. The molecule has 0 radical (unpaired) electrons. The van der Waals surface area contributed by atoms with E-state index in [1.807, 2.05) is 0 Å². The molecule has 0 saturated heterocycles. The predicted octanol–water partition coefficient (Wildman–Crippen LogP) is 15.7. The summed E-state index contributed by atoms with van der Waals surface area (Å²) in [4.78, 5) is 5.69. The lowest BCUT2D eigenvalue weighted by Crippen LogP contribution is -2.30. The van der Waals surface area contributed by atoms with Gasteiger partial charge in [-0.3, -0.25) is 4.99 Å². The van der Waals surface area contributed by atoms with Crippen LogP contribution in [0.25, 0.3) is 71.8 Å². The van der Waals surface area contributed by atoms with Gasteiger partial charge in [0.25, 0.3) is 0 Å². The van der Waals surface area contributed by atoms with Crippen LogP contribution < -0.4 is 0 Å². The summed E-state index contributed by atoms with van der Waals surface area (Å²) < 4.78 is 4.99. The van der Waals surface area contributed by atoms with E-state index >= 15 is 0 Å². The van der Waals surface area contributed by atoms with Crippen LogP contribution in [0.2, 0.25) is 0 Å². The Hall–Kier alpha value is -6.97. The maximum atomic E-state index is 5.69. The van der Waals surface area contributed by atoms with Gasteiger partial charge in [0.2, 0.25) is 0 Å². The molecule has 0 amide bonds. The second-order valence-electron chi connectivity index (χ2n) is 17.4. The minimum absolute atomic E-state index is 0.248. The van der Waals surface area contributed by atoms with Gasteiger partial charge in [0, 0.05) is 44.4 Å². The van der Waals surface area contributed by atoms with E-state index in [1.165, 1.54) is 88.5 Å². The monoisotopic (exact) mass is 801 g/mol. The highest BCUT2D eigenvalue weighted by molar-refractivity contribution is 6.29. The van der Waals surface area contributed by atoms with Crippen molar-refractivity contribution in [2.24, 2.45) is 22.7 Å². The van der Waals surface area contributed by atoms with Crippen LogP contribution in [0.15, 0.2) is 204 Å². The Kier molecular flexibility index (Phi) is 9.69. The number of hydrogen-bond donors (Lipinski definition) is 0. The number of nitrogens with zero attached hydrogens (tertiary/aromatic N) is 3. The van der Waals surface area contributed by atoms with Crippen molar-refractivity contribution < 1.29 is 0 Å². The summed E-state index contributed by atoms with van der Waals surface area (Å²) in [6.45, 7) is 7.23. The summed E-state index contributed by atoms with van der Waals surface area (Å²) in [5.41, 5.74) is 17.6. The molecule has 0 saturated carbocycles. The van der Waals surface area contributed by atoms with E-state index in [1.54, 1.807) is 5.57 Å². The lowest BCUT2D eigenvalue weighted by atomic mass is 9.70. The molecule has 1 aliphatic heterocycles. The van der Waals surface area contributed by atoms with Crippen molar-refractivity contribution in [3.63, 3.8) is 0 Å². The standard InChI is InChI=1S/C59H51N3/c1-4-41-38-51(39(2)40(3)58(44-21-10-6-11-22-44)60-59(41)45-33-31-43(32-34-45)42-19-8-5-9-20-42)46-23-18-26-48(37-46)62-53-30-17-15-28-50(53)57-55(62)36-35-54-56(57)49-27-14-16-29-52(49)61(54)47-24-12-7-13-25-47/h5-17,19-22,24-37,39-40,51H,4,18,23,38H2,1-3H3/b59-41-,60-58?. The first-order chi connectivity index (χ1) is 30.6. The van der Waals surface area contributed by atoms with E-state index in [2.05, 4.69) is 218 Å². The molecule has 302 valence electrons. The molecule has 3 heterocycles. The SMILES string of the molecule is CC/C1=C(\c2ccc(-c3ccccc3)cc2)N=C(c2ccccc2)C(C)C(C)C(C2=CC(n3c4ccccc4c4c5c6ccccc6n(-c6ccccc6)c5ccc43)=CCC2)C1. The van der Waals surface area contributed by atoms with Crippen LogP contribution in [-0.4, -0.2) is 14.8 Å². The molecule has 1 aliphatic carbocycles. The van der Waals surface area contributed by atoms with E-state index in [0.717, 1.165) is 31.4 Å². The summed E-state index contributed by atoms with van der Waals surface area (Å²) in [5, 5.41) is 5.21. The molecule has 9 aromatic rings. The topological polar surface area (TPSA) is 22.2 Å². The lowest BCUT2D eigenvalue weighted by Gasteiger charge is -2.36. The highest BCUT2D eigenvalue weighted by atomic mass is 15.0. The molecule has 0 bridgehead atoms. The van der Waals surface area contributed by atoms with Gasteiger partial charge in [-0.2, -0.15) is 0 Å². The van der Waals surface area contributed by atoms with Crippen molar-refractivity contribution in [2.45, 2.75) is 46.5 Å². The summed E-state index contributed by atoms with van der Waals surface area (Å²) in [7, 11) is 0. The third-order valence-electron chi connectivity index (χ3n) is 14.0. The van der Waals surface area contributed by atoms with E-state index in [0.29, 0.717) is 11.8 Å². The van der Waals surface area contributed by atoms with E-state index in [-0.39, 0.29) is 5.92 Å². The zero-order chi connectivity index (χ0) is 41.7. The Morgan fingerprint density at radius 2 is 1.06 bits per heavy atom. The van der Waals surface area contributed by atoms with Gasteiger partial charge in [-0.05, 0) is 102 Å². The summed E-state index contributed by atoms with van der Waals surface area (Å²) in [6, 6.07) is 64.2. The Balaban J connectivity index is 1.06. The average molecular weight is 802 g/mol. The zero-order valence-electron chi connectivity index (χ0n) is 35.8. The minimum atomic E-state index is 0.248. The molecule has 0 N–H and O–H groups in total. The molecule has 0 fully saturated rings. The van der Waals surface area contributed by atoms with E-state index < -0.39 is 0 Å². The third kappa shape index (κ3) is 6.38. The largest absolute Gasteiger partial charge is 0.310 e. The first kappa shape index (κ1) is 38.0. The van der Waals surface area contributed by atoms with Gasteiger partial charge in [-0.15, -0.1) is 0 Å². The van der Waals surface area contributed by atoms with Crippen molar-refractivity contribution in [3.8, 4) is 16.8 Å². The number of para-hydroxylation sites is 3. The van der Waals surface area contributed by atoms with Crippen molar-refractivity contribution in [2.75, 3.05) is 0 Å². The van der Waals surface area contributed by atoms with Crippen molar-refractivity contribution in [1.29, 1.82) is 0 Å². The number of aliphatic imine (C=N–C) groups is 1. The zero-order valence-corrected chi connectivity index (χ0v) is 35.8. The van der Waals surface area contributed by atoms with Gasteiger partial charge in [-0.1, -0.05) is 172 Å². The lowest BCUT2D eigenvalue weighted by molar-refractivity contribution is 0.339. The number of rotatable bonds is 7. The minimum Gasteiger partial charge on any atom is -0.310 e. The fraction of sp³-hybridized carbons (Fsp3) is 0.169. The molecular weight excluding hydrogens is 751 g/mol. The van der Waals surface area contributed by atoms with Crippen LogP contribution in [0.5, 0.6) is 0 Å². The molecule has 62 heavy (non-hydrogen) atoms. The quantitative estimate of drug-likeness (QED) is 0.153. The normalized spacial score (nSPS) is 19.7. The summed E-state index contributed by atoms with van der Waals surface area (Å²) in [6.07, 6.45) is 9.08. The van der Waals surface area contributed by atoms with Gasteiger partial charge in [0.15, 0.2) is 0 Å². The molecule has 3 atom stereocenters.